The van der Waals surface area contributed by atoms with E-state index in [0.29, 0.717) is 0 Å². The van der Waals surface area contributed by atoms with Crippen LogP contribution in [0, 0.1) is 5.92 Å². The molecular formula is C18H27ClNO+. The van der Waals surface area contributed by atoms with Crippen LogP contribution in [0.3, 0.4) is 0 Å². The molecule has 116 valence electrons. The summed E-state index contributed by atoms with van der Waals surface area (Å²) in [5.41, 5.74) is 1.12. The minimum Gasteiger partial charge on any atom is -0.493 e. The summed E-state index contributed by atoms with van der Waals surface area (Å²) in [6.07, 6.45) is 6.56. The molecular weight excluding hydrogens is 282 g/mol. The van der Waals surface area contributed by atoms with Crippen LogP contribution in [0.4, 0.5) is 0 Å². The molecule has 1 aliphatic heterocycles. The highest BCUT2D eigenvalue weighted by atomic mass is 35.5. The first-order chi connectivity index (χ1) is 10.2. The van der Waals surface area contributed by atoms with E-state index in [1.165, 1.54) is 32.5 Å². The topological polar surface area (TPSA) is 13.7 Å². The molecule has 1 saturated heterocycles. The van der Waals surface area contributed by atoms with Crippen molar-refractivity contribution in [3.05, 3.63) is 41.4 Å². The smallest absolute Gasteiger partial charge is 0.122 e. The molecule has 2 rings (SSSR count). The van der Waals surface area contributed by atoms with Gasteiger partial charge in [0.05, 0.1) is 26.2 Å². The minimum atomic E-state index is 0.756. The molecule has 0 spiro atoms. The Labute approximate surface area is 133 Å². The second-order valence-electron chi connectivity index (χ2n) is 6.15. The van der Waals surface area contributed by atoms with Crippen molar-refractivity contribution in [1.82, 2.24) is 0 Å². The van der Waals surface area contributed by atoms with E-state index < -0.39 is 0 Å². The molecule has 1 N–H and O–H groups in total. The zero-order chi connectivity index (χ0) is 15.1. The van der Waals surface area contributed by atoms with Gasteiger partial charge in [0.25, 0.3) is 0 Å². The van der Waals surface area contributed by atoms with Crippen LogP contribution in [0.2, 0.25) is 5.02 Å². The molecule has 1 heterocycles. The molecule has 0 radical (unpaired) electrons. The summed E-state index contributed by atoms with van der Waals surface area (Å²) in [5.74, 6) is 1.83. The van der Waals surface area contributed by atoms with E-state index in [9.17, 15) is 0 Å². The minimum absolute atomic E-state index is 0.756. The molecule has 0 aliphatic carbocycles. The number of piperidine rings is 1. The van der Waals surface area contributed by atoms with Crippen LogP contribution in [0.15, 0.2) is 30.9 Å². The van der Waals surface area contributed by atoms with E-state index in [-0.39, 0.29) is 0 Å². The fraction of sp³-hybridized carbons (Fsp3) is 0.556. The third-order valence-corrected chi connectivity index (χ3v) is 4.42. The predicted molar refractivity (Wildman–Crippen MR) is 89.4 cm³/mol. The largest absolute Gasteiger partial charge is 0.493 e. The Balaban J connectivity index is 1.76. The van der Waals surface area contributed by atoms with Gasteiger partial charge < -0.3 is 9.64 Å². The number of hydrogen-bond acceptors (Lipinski definition) is 1. The van der Waals surface area contributed by atoms with Crippen molar-refractivity contribution < 1.29 is 9.64 Å². The number of likely N-dealkylation sites (tertiary alicyclic amines) is 1. The van der Waals surface area contributed by atoms with Gasteiger partial charge in [-0.2, -0.15) is 0 Å². The lowest BCUT2D eigenvalue weighted by Crippen LogP contribution is -3.13. The summed E-state index contributed by atoms with van der Waals surface area (Å²) >= 11 is 6.04. The Morgan fingerprint density at radius 1 is 1.48 bits per heavy atom. The van der Waals surface area contributed by atoms with Crippen molar-refractivity contribution >= 4 is 11.6 Å². The Bertz CT molecular complexity index is 461. The van der Waals surface area contributed by atoms with Crippen LogP contribution in [0.5, 0.6) is 5.75 Å². The maximum atomic E-state index is 6.04. The fourth-order valence-electron chi connectivity index (χ4n) is 3.13. The lowest BCUT2D eigenvalue weighted by Gasteiger charge is -2.27. The molecule has 2 atom stereocenters. The predicted octanol–water partition coefficient (Wildman–Crippen LogP) is 3.15. The summed E-state index contributed by atoms with van der Waals surface area (Å²) in [6.45, 7) is 10.8. The maximum Gasteiger partial charge on any atom is 0.122 e. The van der Waals surface area contributed by atoms with Crippen LogP contribution in [0.25, 0.3) is 0 Å². The van der Waals surface area contributed by atoms with Crippen LogP contribution in [-0.2, 0) is 6.42 Å². The van der Waals surface area contributed by atoms with Gasteiger partial charge in [0, 0.05) is 17.4 Å². The lowest BCUT2D eigenvalue weighted by atomic mass is 10.0. The highest BCUT2D eigenvalue weighted by Gasteiger charge is 2.18. The highest BCUT2D eigenvalue weighted by Crippen LogP contribution is 2.23. The summed E-state index contributed by atoms with van der Waals surface area (Å²) in [6, 6.07) is 5.83. The summed E-state index contributed by atoms with van der Waals surface area (Å²) < 4.78 is 5.94. The van der Waals surface area contributed by atoms with Crippen molar-refractivity contribution in [1.29, 1.82) is 0 Å². The van der Waals surface area contributed by atoms with E-state index >= 15 is 0 Å². The quantitative estimate of drug-likeness (QED) is 0.603. The number of nitrogens with one attached hydrogen (secondary N) is 1. The number of allylic oxidation sites excluding steroid dienone is 1. The SMILES string of the molecule is C=CCc1cc(Cl)ccc1OCCC[NH+]1CCC[C@@H](C)C1. The Hall–Kier alpha value is -0.990. The van der Waals surface area contributed by atoms with Gasteiger partial charge in [-0.05, 0) is 43.0 Å². The van der Waals surface area contributed by atoms with Crippen molar-refractivity contribution in [2.24, 2.45) is 5.92 Å². The molecule has 0 saturated carbocycles. The van der Waals surface area contributed by atoms with Gasteiger partial charge in [0.15, 0.2) is 0 Å². The third kappa shape index (κ3) is 5.37. The van der Waals surface area contributed by atoms with E-state index in [2.05, 4.69) is 13.5 Å². The summed E-state index contributed by atoms with van der Waals surface area (Å²) in [4.78, 5) is 1.74. The average molecular weight is 309 g/mol. The fourth-order valence-corrected chi connectivity index (χ4v) is 3.33. The molecule has 0 bridgehead atoms. The van der Waals surface area contributed by atoms with Crippen molar-refractivity contribution in [2.75, 3.05) is 26.2 Å². The highest BCUT2D eigenvalue weighted by molar-refractivity contribution is 6.30. The van der Waals surface area contributed by atoms with Crippen molar-refractivity contribution in [3.63, 3.8) is 0 Å². The molecule has 1 aromatic rings. The molecule has 1 unspecified atom stereocenters. The second kappa shape index (κ2) is 8.45. The van der Waals surface area contributed by atoms with E-state index in [0.717, 1.165) is 41.7 Å². The number of quaternary nitrogens is 1. The van der Waals surface area contributed by atoms with Crippen molar-refractivity contribution in [3.8, 4) is 5.75 Å². The second-order valence-corrected chi connectivity index (χ2v) is 6.58. The third-order valence-electron chi connectivity index (χ3n) is 4.18. The van der Waals surface area contributed by atoms with Gasteiger partial charge in [-0.3, -0.25) is 0 Å². The summed E-state index contributed by atoms with van der Waals surface area (Å²) in [5, 5.41) is 0.756. The van der Waals surface area contributed by atoms with Gasteiger partial charge >= 0.3 is 0 Å². The van der Waals surface area contributed by atoms with Crippen LogP contribution < -0.4 is 9.64 Å². The maximum absolute atomic E-state index is 6.04. The first-order valence-electron chi connectivity index (χ1n) is 8.04. The van der Waals surface area contributed by atoms with Crippen LogP contribution in [0.1, 0.15) is 31.7 Å². The van der Waals surface area contributed by atoms with Gasteiger partial charge in [0.2, 0.25) is 0 Å². The van der Waals surface area contributed by atoms with Crippen LogP contribution in [-0.4, -0.2) is 26.2 Å². The standard InChI is InChI=1S/C18H26ClNO/c1-3-6-16-13-17(19)8-9-18(16)21-12-5-11-20-10-4-7-15(2)14-20/h3,8-9,13,15H,1,4-7,10-12,14H2,2H3/p+1/t15-/m1/s1. The number of benzene rings is 1. The van der Waals surface area contributed by atoms with Crippen LogP contribution >= 0.6 is 11.6 Å². The first-order valence-corrected chi connectivity index (χ1v) is 8.42. The summed E-state index contributed by atoms with van der Waals surface area (Å²) in [7, 11) is 0. The van der Waals surface area contributed by atoms with E-state index in [4.69, 9.17) is 16.3 Å². The molecule has 21 heavy (non-hydrogen) atoms. The molecule has 3 heteroatoms. The average Bonchev–Trinajstić information content (AvgIpc) is 2.46. The molecule has 1 aromatic carbocycles. The first kappa shape index (κ1) is 16.4. The molecule has 1 aliphatic rings. The Morgan fingerprint density at radius 2 is 2.33 bits per heavy atom. The van der Waals surface area contributed by atoms with Gasteiger partial charge in [-0.15, -0.1) is 6.58 Å². The van der Waals surface area contributed by atoms with Gasteiger partial charge in [-0.25, -0.2) is 0 Å². The molecule has 0 amide bonds. The normalized spacial score (nSPS) is 22.0. The zero-order valence-electron chi connectivity index (χ0n) is 13.0. The number of hydrogen-bond donors (Lipinski definition) is 1. The molecule has 1 fully saturated rings. The van der Waals surface area contributed by atoms with Gasteiger partial charge in [-0.1, -0.05) is 24.6 Å². The zero-order valence-corrected chi connectivity index (χ0v) is 13.8. The number of halogens is 1. The van der Waals surface area contributed by atoms with Crippen molar-refractivity contribution in [2.45, 2.75) is 32.6 Å². The number of rotatable bonds is 7. The number of ether oxygens (including phenoxy) is 1. The van der Waals surface area contributed by atoms with E-state index in [1.54, 1.807) is 4.90 Å². The lowest BCUT2D eigenvalue weighted by molar-refractivity contribution is -0.908. The molecule has 0 aromatic heterocycles. The monoisotopic (exact) mass is 308 g/mol. The Morgan fingerprint density at radius 3 is 3.10 bits per heavy atom. The Kier molecular flexibility index (Phi) is 6.59. The van der Waals surface area contributed by atoms with E-state index in [1.807, 2.05) is 24.3 Å². The molecule has 2 nitrogen and oxygen atoms in total. The van der Waals surface area contributed by atoms with Gasteiger partial charge in [0.1, 0.15) is 5.75 Å².